The predicted octanol–water partition coefficient (Wildman–Crippen LogP) is 3.36. The summed E-state index contributed by atoms with van der Waals surface area (Å²) in [4.78, 5) is 10.5. The molecule has 144 valence electrons. The van der Waals surface area contributed by atoms with E-state index in [-0.39, 0.29) is 0 Å². The van der Waals surface area contributed by atoms with Gasteiger partial charge < -0.3 is 10.2 Å². The van der Waals surface area contributed by atoms with Crippen molar-refractivity contribution in [3.63, 3.8) is 0 Å². The van der Waals surface area contributed by atoms with Gasteiger partial charge in [-0.25, -0.2) is 4.98 Å². The Morgan fingerprint density at radius 1 is 1.22 bits per heavy atom. The number of hydrogen-bond donors (Lipinski definition) is 1. The lowest BCUT2D eigenvalue weighted by molar-refractivity contribution is -0.137. The molecule has 3 aromatic rings. The number of rotatable bonds is 8. The van der Waals surface area contributed by atoms with Crippen molar-refractivity contribution in [2.24, 2.45) is 0 Å². The first-order valence-corrected chi connectivity index (χ1v) is 9.11. The summed E-state index contributed by atoms with van der Waals surface area (Å²) < 4.78 is 43.7. The normalized spacial score (nSPS) is 11.7. The van der Waals surface area contributed by atoms with Gasteiger partial charge in [-0.2, -0.15) is 22.5 Å². The maximum absolute atomic E-state index is 12.5. The summed E-state index contributed by atoms with van der Waals surface area (Å²) in [6.07, 6.45) is 1.69. The van der Waals surface area contributed by atoms with Crippen LogP contribution in [-0.2, 0) is 12.7 Å². The van der Waals surface area contributed by atoms with Crippen molar-refractivity contribution in [2.45, 2.75) is 19.1 Å². The zero-order chi connectivity index (χ0) is 19.3. The molecule has 1 N–H and O–H groups in total. The van der Waals surface area contributed by atoms with Crippen LogP contribution in [0.5, 0.6) is 0 Å². The molecule has 0 atom stereocenters. The number of benzene rings is 1. The van der Waals surface area contributed by atoms with E-state index < -0.39 is 11.7 Å². The van der Waals surface area contributed by atoms with Crippen LogP contribution in [0.3, 0.4) is 0 Å². The van der Waals surface area contributed by atoms with E-state index in [0.717, 1.165) is 42.3 Å². The number of imidazole rings is 1. The predicted molar refractivity (Wildman–Crippen MR) is 98.1 cm³/mol. The van der Waals surface area contributed by atoms with Crippen molar-refractivity contribution in [2.75, 3.05) is 25.0 Å². The zero-order valence-corrected chi connectivity index (χ0v) is 15.5. The van der Waals surface area contributed by atoms with Gasteiger partial charge in [-0.05, 0) is 30.7 Å². The van der Waals surface area contributed by atoms with Crippen molar-refractivity contribution in [3.8, 4) is 5.95 Å². The van der Waals surface area contributed by atoms with E-state index in [1.54, 1.807) is 23.3 Å². The summed E-state index contributed by atoms with van der Waals surface area (Å²) in [5.74, 6) is 0.597. The van der Waals surface area contributed by atoms with Gasteiger partial charge in [-0.1, -0.05) is 12.1 Å². The Balaban J connectivity index is 1.39. The molecule has 2 aromatic heterocycles. The highest BCUT2D eigenvalue weighted by Crippen LogP contribution is 2.29. The summed E-state index contributed by atoms with van der Waals surface area (Å²) in [6, 6.07) is 5.22. The zero-order valence-electron chi connectivity index (χ0n) is 14.6. The topological polar surface area (TPSA) is 58.9 Å². The molecule has 0 radical (unpaired) electrons. The first kappa shape index (κ1) is 19.3. The monoisotopic (exact) mass is 396 g/mol. The lowest BCUT2D eigenvalue weighted by atomic mass is 10.1. The summed E-state index contributed by atoms with van der Waals surface area (Å²) >= 11 is 1.32. The third kappa shape index (κ3) is 5.27. The molecule has 2 heterocycles. The van der Waals surface area contributed by atoms with Gasteiger partial charge in [0.05, 0.1) is 5.56 Å². The number of nitrogens with one attached hydrogen (secondary N) is 1. The first-order chi connectivity index (χ1) is 12.9. The van der Waals surface area contributed by atoms with E-state index in [2.05, 4.69) is 19.7 Å². The molecular weight excluding hydrogens is 377 g/mol. The minimum atomic E-state index is -4.29. The van der Waals surface area contributed by atoms with Gasteiger partial charge in [0.1, 0.15) is 6.33 Å². The van der Waals surface area contributed by atoms with Gasteiger partial charge in [0, 0.05) is 44.1 Å². The van der Waals surface area contributed by atoms with Crippen LogP contribution < -0.4 is 10.2 Å². The SMILES string of the molecule is CN(CCCNCc1ccc(C(F)(F)F)cc1)c1nc(-n2ccnc2)ns1. The molecule has 6 nitrogen and oxygen atoms in total. The van der Waals surface area contributed by atoms with Gasteiger partial charge in [-0.15, -0.1) is 0 Å². The molecule has 0 aliphatic rings. The van der Waals surface area contributed by atoms with E-state index in [9.17, 15) is 13.2 Å². The molecule has 0 saturated carbocycles. The fraction of sp³-hybridized carbons (Fsp3) is 0.353. The third-order valence-electron chi connectivity index (χ3n) is 3.92. The smallest absolute Gasteiger partial charge is 0.350 e. The summed E-state index contributed by atoms with van der Waals surface area (Å²) in [6.45, 7) is 2.07. The highest BCUT2D eigenvalue weighted by atomic mass is 32.1. The Kier molecular flexibility index (Phi) is 6.07. The molecule has 0 spiro atoms. The number of anilines is 1. The minimum Gasteiger partial charge on any atom is -0.350 e. The molecule has 0 unspecified atom stereocenters. The Morgan fingerprint density at radius 2 is 2.00 bits per heavy atom. The van der Waals surface area contributed by atoms with E-state index in [1.165, 1.54) is 23.7 Å². The molecular formula is C17H19F3N6S. The third-order valence-corrected chi connectivity index (χ3v) is 4.74. The molecule has 1 aromatic carbocycles. The highest BCUT2D eigenvalue weighted by Gasteiger charge is 2.29. The molecule has 3 rings (SSSR count). The van der Waals surface area contributed by atoms with Crippen LogP contribution in [0.15, 0.2) is 43.0 Å². The number of halogens is 3. The van der Waals surface area contributed by atoms with E-state index in [4.69, 9.17) is 0 Å². The lowest BCUT2D eigenvalue weighted by Gasteiger charge is -2.15. The number of hydrogen-bond acceptors (Lipinski definition) is 6. The Morgan fingerprint density at radius 3 is 2.67 bits per heavy atom. The quantitative estimate of drug-likeness (QED) is 0.592. The second-order valence-electron chi connectivity index (χ2n) is 5.99. The van der Waals surface area contributed by atoms with Gasteiger partial charge in [0.25, 0.3) is 0 Å². The first-order valence-electron chi connectivity index (χ1n) is 8.33. The van der Waals surface area contributed by atoms with Crippen LogP contribution in [0, 0.1) is 0 Å². The maximum Gasteiger partial charge on any atom is 0.416 e. The summed E-state index contributed by atoms with van der Waals surface area (Å²) in [7, 11) is 1.95. The Bertz CT molecular complexity index is 829. The standard InChI is InChI=1S/C17H19F3N6S/c1-25(16-23-15(24-27-16)26-10-8-22-12-26)9-2-7-21-11-13-3-5-14(6-4-13)17(18,19)20/h3-6,8,10,12,21H,2,7,9,11H2,1H3. The largest absolute Gasteiger partial charge is 0.416 e. The average molecular weight is 396 g/mol. The van der Waals surface area contributed by atoms with Crippen molar-refractivity contribution in [1.82, 2.24) is 24.2 Å². The fourth-order valence-electron chi connectivity index (χ4n) is 2.43. The van der Waals surface area contributed by atoms with Gasteiger partial charge >= 0.3 is 6.18 Å². The van der Waals surface area contributed by atoms with Crippen molar-refractivity contribution in [3.05, 3.63) is 54.1 Å². The number of nitrogens with zero attached hydrogens (tertiary/aromatic N) is 5. The van der Waals surface area contributed by atoms with Crippen LogP contribution >= 0.6 is 11.5 Å². The van der Waals surface area contributed by atoms with Crippen LogP contribution in [0.1, 0.15) is 17.5 Å². The summed E-state index contributed by atoms with van der Waals surface area (Å²) in [5, 5.41) is 4.06. The second kappa shape index (κ2) is 8.49. The maximum atomic E-state index is 12.5. The highest BCUT2D eigenvalue weighted by molar-refractivity contribution is 7.09. The van der Waals surface area contributed by atoms with Crippen LogP contribution in [0.25, 0.3) is 5.95 Å². The lowest BCUT2D eigenvalue weighted by Crippen LogP contribution is -2.23. The van der Waals surface area contributed by atoms with Crippen LogP contribution in [-0.4, -0.2) is 39.0 Å². The molecule has 0 bridgehead atoms. The van der Waals surface area contributed by atoms with Crippen molar-refractivity contribution in [1.29, 1.82) is 0 Å². The molecule has 0 amide bonds. The van der Waals surface area contributed by atoms with Crippen LogP contribution in [0.4, 0.5) is 18.3 Å². The van der Waals surface area contributed by atoms with Crippen LogP contribution in [0.2, 0.25) is 0 Å². The number of alkyl halides is 3. The van der Waals surface area contributed by atoms with E-state index in [0.29, 0.717) is 12.5 Å². The minimum absolute atomic E-state index is 0.533. The van der Waals surface area contributed by atoms with E-state index >= 15 is 0 Å². The molecule has 0 aliphatic heterocycles. The van der Waals surface area contributed by atoms with Gasteiger partial charge in [-0.3, -0.25) is 4.57 Å². The Labute approximate surface area is 158 Å². The fourth-order valence-corrected chi connectivity index (χ4v) is 3.08. The molecule has 0 aliphatic carbocycles. The second-order valence-corrected chi connectivity index (χ2v) is 6.72. The molecule has 0 saturated heterocycles. The van der Waals surface area contributed by atoms with Crippen molar-refractivity contribution < 1.29 is 13.2 Å². The van der Waals surface area contributed by atoms with Gasteiger partial charge in [0.2, 0.25) is 11.1 Å². The average Bonchev–Trinajstić information content (AvgIpc) is 3.32. The van der Waals surface area contributed by atoms with Gasteiger partial charge in [0.15, 0.2) is 0 Å². The molecule has 10 heteroatoms. The van der Waals surface area contributed by atoms with Crippen molar-refractivity contribution >= 4 is 16.7 Å². The summed E-state index contributed by atoms with van der Waals surface area (Å²) in [5.41, 5.74) is 0.199. The molecule has 27 heavy (non-hydrogen) atoms. The Hall–Kier alpha value is -2.46. The molecule has 0 fully saturated rings. The van der Waals surface area contributed by atoms with E-state index in [1.807, 2.05) is 11.9 Å². The number of aromatic nitrogens is 4.